The summed E-state index contributed by atoms with van der Waals surface area (Å²) < 4.78 is 13.5. The van der Waals surface area contributed by atoms with E-state index < -0.39 is 31.1 Å². The van der Waals surface area contributed by atoms with Crippen molar-refractivity contribution in [2.24, 2.45) is 0 Å². The second kappa shape index (κ2) is 9.44. The van der Waals surface area contributed by atoms with Gasteiger partial charge in [-0.25, -0.2) is 15.0 Å². The molecule has 186 valence electrons. The minimum atomic E-state index is -1.21. The molecule has 6 atom stereocenters. The summed E-state index contributed by atoms with van der Waals surface area (Å²) in [6, 6.07) is 8.88. The number of hydrogen-bond acceptors (Lipinski definition) is 9. The molecule has 6 rings (SSSR count). The molecule has 1 aromatic carbocycles. The number of nitrogens with one attached hydrogen (secondary N) is 1. The van der Waals surface area contributed by atoms with Crippen LogP contribution in [0.15, 0.2) is 36.9 Å². The second-order valence-corrected chi connectivity index (χ2v) is 9.82. The van der Waals surface area contributed by atoms with Crippen LogP contribution in [0.25, 0.3) is 11.2 Å². The van der Waals surface area contributed by atoms with E-state index in [1.54, 1.807) is 4.57 Å². The minimum absolute atomic E-state index is 0.0608. The SMILES string of the molecule is OCC1O[C@@H](n2cnc3c(N[C@@H]4CCC[C@H]4OCc4ccc(C5CC5)cc4)ncnc32)[C@H](O)[C@@H]1O. The standard InChI is InChI=1S/C25H31N5O5/c31-10-19-21(32)22(33)25(35-19)30-13-28-20-23(26-12-27-24(20)30)29-17-2-1-3-18(17)34-11-14-4-6-15(7-5-14)16-8-9-16/h4-7,12-13,16-19,21-22,25,31-33H,1-3,8-11H2,(H,26,27,29)/t17-,18-,19?,21-,22-,25-/m1/s1. The highest BCUT2D eigenvalue weighted by atomic mass is 16.6. The maximum absolute atomic E-state index is 10.4. The Morgan fingerprint density at radius 1 is 1.03 bits per heavy atom. The fourth-order valence-corrected chi connectivity index (χ4v) is 5.23. The highest BCUT2D eigenvalue weighted by Crippen LogP contribution is 2.40. The van der Waals surface area contributed by atoms with E-state index in [1.165, 1.54) is 36.6 Å². The molecule has 1 aliphatic heterocycles. The van der Waals surface area contributed by atoms with E-state index in [4.69, 9.17) is 9.47 Å². The number of rotatable bonds is 8. The Balaban J connectivity index is 1.15. The Morgan fingerprint density at radius 2 is 1.86 bits per heavy atom. The van der Waals surface area contributed by atoms with Crippen LogP contribution in [0.1, 0.15) is 55.4 Å². The lowest BCUT2D eigenvalue weighted by Gasteiger charge is -2.22. The lowest BCUT2D eigenvalue weighted by Crippen LogP contribution is -2.33. The molecule has 0 radical (unpaired) electrons. The van der Waals surface area contributed by atoms with Gasteiger partial charge < -0.3 is 30.1 Å². The van der Waals surface area contributed by atoms with E-state index in [9.17, 15) is 15.3 Å². The summed E-state index contributed by atoms with van der Waals surface area (Å²) in [5, 5.41) is 33.4. The smallest absolute Gasteiger partial charge is 0.167 e. The van der Waals surface area contributed by atoms with Crippen LogP contribution in [-0.2, 0) is 16.1 Å². The first-order valence-electron chi connectivity index (χ1n) is 12.4. The molecule has 3 aliphatic rings. The Bertz CT molecular complexity index is 1170. The summed E-state index contributed by atoms with van der Waals surface area (Å²) in [7, 11) is 0. The van der Waals surface area contributed by atoms with Crippen molar-refractivity contribution < 1.29 is 24.8 Å². The van der Waals surface area contributed by atoms with Gasteiger partial charge in [-0.15, -0.1) is 0 Å². The van der Waals surface area contributed by atoms with Gasteiger partial charge in [0.25, 0.3) is 0 Å². The summed E-state index contributed by atoms with van der Waals surface area (Å²) in [6.45, 7) is 0.184. The molecule has 3 fully saturated rings. The molecule has 3 aromatic rings. The first kappa shape index (κ1) is 22.8. The van der Waals surface area contributed by atoms with Crippen molar-refractivity contribution in [1.82, 2.24) is 19.5 Å². The number of aliphatic hydroxyl groups is 3. The van der Waals surface area contributed by atoms with E-state index in [1.807, 2.05) is 0 Å². The molecular weight excluding hydrogens is 450 g/mol. The molecule has 1 unspecified atom stereocenters. The monoisotopic (exact) mass is 481 g/mol. The molecule has 10 nitrogen and oxygen atoms in total. The van der Waals surface area contributed by atoms with Gasteiger partial charge in [-0.05, 0) is 49.1 Å². The molecule has 0 spiro atoms. The second-order valence-electron chi connectivity index (χ2n) is 9.82. The van der Waals surface area contributed by atoms with Gasteiger partial charge in [0, 0.05) is 0 Å². The van der Waals surface area contributed by atoms with Crippen LogP contribution >= 0.6 is 0 Å². The zero-order chi connectivity index (χ0) is 23.9. The zero-order valence-corrected chi connectivity index (χ0v) is 19.4. The number of imidazole rings is 1. The molecule has 2 aromatic heterocycles. The zero-order valence-electron chi connectivity index (χ0n) is 19.4. The van der Waals surface area contributed by atoms with Crippen LogP contribution in [-0.4, -0.2) is 71.9 Å². The maximum Gasteiger partial charge on any atom is 0.167 e. The average molecular weight is 482 g/mol. The van der Waals surface area contributed by atoms with Crippen LogP contribution in [0.5, 0.6) is 0 Å². The molecular formula is C25H31N5O5. The van der Waals surface area contributed by atoms with Gasteiger partial charge in [0.15, 0.2) is 23.2 Å². The third kappa shape index (κ3) is 4.41. The predicted octanol–water partition coefficient (Wildman–Crippen LogP) is 1.86. The number of aromatic nitrogens is 4. The summed E-state index contributed by atoms with van der Waals surface area (Å²) in [5.74, 6) is 1.35. The number of aliphatic hydroxyl groups excluding tert-OH is 3. The first-order chi connectivity index (χ1) is 17.1. The Morgan fingerprint density at radius 3 is 2.60 bits per heavy atom. The maximum atomic E-state index is 10.4. The van der Waals surface area contributed by atoms with Crippen molar-refractivity contribution in [2.45, 2.75) is 81.3 Å². The summed E-state index contributed by atoms with van der Waals surface area (Å²) in [4.78, 5) is 13.2. The van der Waals surface area contributed by atoms with E-state index in [0.717, 1.165) is 25.2 Å². The third-order valence-electron chi connectivity index (χ3n) is 7.42. The van der Waals surface area contributed by atoms with Gasteiger partial charge in [0.05, 0.1) is 31.7 Å². The number of anilines is 1. The van der Waals surface area contributed by atoms with Crippen molar-refractivity contribution in [3.63, 3.8) is 0 Å². The van der Waals surface area contributed by atoms with Crippen LogP contribution in [0, 0.1) is 0 Å². The summed E-state index contributed by atoms with van der Waals surface area (Å²) in [5.41, 5.74) is 3.63. The normalized spacial score (nSPS) is 30.8. The minimum Gasteiger partial charge on any atom is -0.394 e. The average Bonchev–Trinajstić information content (AvgIpc) is 3.39. The largest absolute Gasteiger partial charge is 0.394 e. The number of ether oxygens (including phenoxy) is 2. The predicted molar refractivity (Wildman–Crippen MR) is 127 cm³/mol. The van der Waals surface area contributed by atoms with Crippen molar-refractivity contribution >= 4 is 17.0 Å². The fraction of sp³-hybridized carbons (Fsp3) is 0.560. The van der Waals surface area contributed by atoms with Gasteiger partial charge in [-0.3, -0.25) is 4.57 Å². The van der Waals surface area contributed by atoms with Crippen molar-refractivity contribution in [1.29, 1.82) is 0 Å². The van der Waals surface area contributed by atoms with Gasteiger partial charge >= 0.3 is 0 Å². The van der Waals surface area contributed by atoms with Gasteiger partial charge in [0.2, 0.25) is 0 Å². The topological polar surface area (TPSA) is 135 Å². The van der Waals surface area contributed by atoms with Crippen molar-refractivity contribution in [3.05, 3.63) is 48.0 Å². The number of hydrogen-bond donors (Lipinski definition) is 4. The quantitative estimate of drug-likeness (QED) is 0.380. The molecule has 2 aliphatic carbocycles. The highest BCUT2D eigenvalue weighted by molar-refractivity contribution is 5.82. The van der Waals surface area contributed by atoms with Gasteiger partial charge in [-0.2, -0.15) is 0 Å². The molecule has 35 heavy (non-hydrogen) atoms. The Kier molecular flexibility index (Phi) is 6.15. The van der Waals surface area contributed by atoms with Crippen LogP contribution in [0.2, 0.25) is 0 Å². The van der Waals surface area contributed by atoms with Crippen molar-refractivity contribution in [2.75, 3.05) is 11.9 Å². The highest BCUT2D eigenvalue weighted by Gasteiger charge is 2.44. The Labute approximate surface area is 202 Å². The molecule has 3 heterocycles. The molecule has 0 amide bonds. The van der Waals surface area contributed by atoms with E-state index in [0.29, 0.717) is 23.6 Å². The Hall–Kier alpha value is -2.63. The number of benzene rings is 1. The molecule has 2 saturated carbocycles. The lowest BCUT2D eigenvalue weighted by atomic mass is 10.1. The fourth-order valence-electron chi connectivity index (χ4n) is 5.23. The molecule has 10 heteroatoms. The van der Waals surface area contributed by atoms with Crippen molar-refractivity contribution in [3.8, 4) is 0 Å². The summed E-state index contributed by atoms with van der Waals surface area (Å²) >= 11 is 0. The lowest BCUT2D eigenvalue weighted by molar-refractivity contribution is -0.0511. The van der Waals surface area contributed by atoms with E-state index >= 15 is 0 Å². The first-order valence-corrected chi connectivity index (χ1v) is 12.4. The van der Waals surface area contributed by atoms with E-state index in [2.05, 4.69) is 44.5 Å². The number of nitrogens with zero attached hydrogens (tertiary/aromatic N) is 4. The van der Waals surface area contributed by atoms with E-state index in [-0.39, 0.29) is 12.1 Å². The van der Waals surface area contributed by atoms with Crippen LogP contribution < -0.4 is 5.32 Å². The van der Waals surface area contributed by atoms with Crippen LogP contribution in [0.3, 0.4) is 0 Å². The van der Waals surface area contributed by atoms with Gasteiger partial charge in [0.1, 0.15) is 24.6 Å². The molecule has 0 bridgehead atoms. The molecule has 1 saturated heterocycles. The number of fused-ring (bicyclic) bond motifs is 1. The third-order valence-corrected chi connectivity index (χ3v) is 7.42. The molecule has 4 N–H and O–H groups in total. The van der Waals surface area contributed by atoms with Gasteiger partial charge in [-0.1, -0.05) is 24.3 Å². The summed E-state index contributed by atoms with van der Waals surface area (Å²) in [6.07, 6.45) is 4.46. The van der Waals surface area contributed by atoms with Crippen LogP contribution in [0.4, 0.5) is 5.82 Å².